The van der Waals surface area contributed by atoms with Gasteiger partial charge in [-0.25, -0.2) is 0 Å². The molecule has 0 unspecified atom stereocenters. The summed E-state index contributed by atoms with van der Waals surface area (Å²) in [6.07, 6.45) is 5.41. The van der Waals surface area contributed by atoms with Gasteiger partial charge in [0.25, 0.3) is 0 Å². The topological polar surface area (TPSA) is 24.9 Å². The second-order valence-electron chi connectivity index (χ2n) is 5.11. The van der Waals surface area contributed by atoms with Gasteiger partial charge in [0, 0.05) is 34.2 Å². The summed E-state index contributed by atoms with van der Waals surface area (Å²) < 4.78 is 0. The number of halogens is 2. The maximum atomic E-state index is 6.31. The normalized spacial score (nSPS) is 22.8. The van der Waals surface area contributed by atoms with Crippen LogP contribution in [0.4, 0.5) is 5.69 Å². The van der Waals surface area contributed by atoms with Crippen LogP contribution in [0.1, 0.15) is 19.3 Å². The molecule has 2 atom stereocenters. The van der Waals surface area contributed by atoms with Crippen LogP contribution in [0.2, 0.25) is 5.02 Å². The third-order valence-corrected chi connectivity index (χ3v) is 4.64. The molecule has 1 aliphatic carbocycles. The first-order valence-corrected chi connectivity index (χ1v) is 7.48. The quantitative estimate of drug-likeness (QED) is 0.830. The molecule has 1 aliphatic rings. The highest BCUT2D eigenvalue weighted by Crippen LogP contribution is 2.31. The standard InChI is InChI=1S/C15H16Cl2N2/c16-11-4-5-12-14(6-7-18-15(12)8-11)19-9-10-2-1-3-13(10)17/h4-8,10,13H,1-3,9H2,(H,18,19)/t10-,13+/m1/s1. The zero-order valence-electron chi connectivity index (χ0n) is 10.6. The van der Waals surface area contributed by atoms with Gasteiger partial charge >= 0.3 is 0 Å². The average molecular weight is 295 g/mol. The van der Waals surface area contributed by atoms with Crippen LogP contribution in [-0.4, -0.2) is 16.9 Å². The Bertz CT molecular complexity index is 585. The first kappa shape index (κ1) is 13.0. The fraction of sp³-hybridized carbons (Fsp3) is 0.400. The van der Waals surface area contributed by atoms with Gasteiger partial charge in [0.1, 0.15) is 0 Å². The molecule has 0 aliphatic heterocycles. The van der Waals surface area contributed by atoms with Crippen molar-refractivity contribution < 1.29 is 0 Å². The van der Waals surface area contributed by atoms with Gasteiger partial charge in [0.05, 0.1) is 5.52 Å². The van der Waals surface area contributed by atoms with E-state index in [2.05, 4.69) is 10.3 Å². The maximum absolute atomic E-state index is 6.31. The van der Waals surface area contributed by atoms with Gasteiger partial charge in [-0.15, -0.1) is 11.6 Å². The minimum atomic E-state index is 0.315. The van der Waals surface area contributed by atoms with E-state index in [0.29, 0.717) is 16.3 Å². The molecule has 3 rings (SSSR count). The third-order valence-electron chi connectivity index (χ3n) is 3.83. The van der Waals surface area contributed by atoms with Gasteiger partial charge in [-0.05, 0) is 43.0 Å². The van der Waals surface area contributed by atoms with Crippen LogP contribution in [0.15, 0.2) is 30.5 Å². The SMILES string of the molecule is Clc1ccc2c(NC[C@H]3CCC[C@@H]3Cl)ccnc2c1. The minimum absolute atomic E-state index is 0.315. The van der Waals surface area contributed by atoms with Gasteiger partial charge < -0.3 is 5.32 Å². The highest BCUT2D eigenvalue weighted by Gasteiger charge is 2.24. The van der Waals surface area contributed by atoms with Gasteiger partial charge in [0.2, 0.25) is 0 Å². The van der Waals surface area contributed by atoms with Crippen molar-refractivity contribution in [2.24, 2.45) is 5.92 Å². The lowest BCUT2D eigenvalue weighted by Gasteiger charge is -2.16. The summed E-state index contributed by atoms with van der Waals surface area (Å²) in [6.45, 7) is 0.926. The number of nitrogens with one attached hydrogen (secondary N) is 1. The minimum Gasteiger partial charge on any atom is -0.384 e. The number of aromatic nitrogens is 1. The molecule has 0 saturated heterocycles. The number of benzene rings is 1. The summed E-state index contributed by atoms with van der Waals surface area (Å²) in [4.78, 5) is 4.35. The van der Waals surface area contributed by atoms with Crippen LogP contribution in [0.5, 0.6) is 0 Å². The van der Waals surface area contributed by atoms with Crippen molar-refractivity contribution >= 4 is 39.8 Å². The molecule has 0 bridgehead atoms. The van der Waals surface area contributed by atoms with E-state index in [4.69, 9.17) is 23.2 Å². The Balaban J connectivity index is 1.81. The lowest BCUT2D eigenvalue weighted by molar-refractivity contribution is 0.586. The van der Waals surface area contributed by atoms with E-state index in [1.807, 2.05) is 30.5 Å². The van der Waals surface area contributed by atoms with Crippen molar-refractivity contribution in [3.63, 3.8) is 0 Å². The first-order valence-electron chi connectivity index (χ1n) is 6.66. The molecule has 0 amide bonds. The molecule has 1 fully saturated rings. The average Bonchev–Trinajstić information content (AvgIpc) is 2.81. The second kappa shape index (κ2) is 5.56. The number of pyridine rings is 1. The first-order chi connectivity index (χ1) is 9.24. The number of hydrogen-bond donors (Lipinski definition) is 1. The van der Waals surface area contributed by atoms with Crippen molar-refractivity contribution in [1.29, 1.82) is 0 Å². The molecule has 2 nitrogen and oxygen atoms in total. The summed E-state index contributed by atoms with van der Waals surface area (Å²) in [5, 5.41) is 5.65. The fourth-order valence-corrected chi connectivity index (χ4v) is 3.27. The Labute approximate surface area is 123 Å². The molecule has 1 saturated carbocycles. The van der Waals surface area contributed by atoms with E-state index in [-0.39, 0.29) is 0 Å². The Morgan fingerprint density at radius 3 is 2.95 bits per heavy atom. The number of alkyl halides is 1. The van der Waals surface area contributed by atoms with Gasteiger partial charge in [0.15, 0.2) is 0 Å². The number of hydrogen-bond acceptors (Lipinski definition) is 2. The molecule has 1 aromatic heterocycles. The zero-order valence-corrected chi connectivity index (χ0v) is 12.1. The van der Waals surface area contributed by atoms with Crippen LogP contribution >= 0.6 is 23.2 Å². The Hall–Kier alpha value is -0.990. The van der Waals surface area contributed by atoms with Gasteiger partial charge in [-0.2, -0.15) is 0 Å². The maximum Gasteiger partial charge on any atom is 0.0737 e. The Kier molecular flexibility index (Phi) is 3.81. The zero-order chi connectivity index (χ0) is 13.2. The Morgan fingerprint density at radius 2 is 2.16 bits per heavy atom. The smallest absolute Gasteiger partial charge is 0.0737 e. The van der Waals surface area contributed by atoms with Crippen molar-refractivity contribution in [3.8, 4) is 0 Å². The summed E-state index contributed by atoms with van der Waals surface area (Å²) in [6, 6.07) is 7.81. The predicted molar refractivity (Wildman–Crippen MR) is 82.2 cm³/mol. The Morgan fingerprint density at radius 1 is 1.26 bits per heavy atom. The monoisotopic (exact) mass is 294 g/mol. The van der Waals surface area contributed by atoms with Crippen LogP contribution in [0.25, 0.3) is 10.9 Å². The highest BCUT2D eigenvalue weighted by atomic mass is 35.5. The van der Waals surface area contributed by atoms with E-state index in [1.165, 1.54) is 12.8 Å². The molecule has 1 N–H and O–H groups in total. The molecule has 0 spiro atoms. The molecule has 2 aromatic rings. The van der Waals surface area contributed by atoms with E-state index >= 15 is 0 Å². The van der Waals surface area contributed by atoms with E-state index in [1.54, 1.807) is 0 Å². The fourth-order valence-electron chi connectivity index (χ4n) is 2.74. The van der Waals surface area contributed by atoms with Crippen molar-refractivity contribution in [2.45, 2.75) is 24.6 Å². The summed E-state index contributed by atoms with van der Waals surface area (Å²) >= 11 is 12.3. The summed E-state index contributed by atoms with van der Waals surface area (Å²) in [5.74, 6) is 0.567. The molecule has 19 heavy (non-hydrogen) atoms. The van der Waals surface area contributed by atoms with E-state index < -0.39 is 0 Å². The number of nitrogens with zero attached hydrogens (tertiary/aromatic N) is 1. The van der Waals surface area contributed by atoms with E-state index in [0.717, 1.165) is 29.6 Å². The van der Waals surface area contributed by atoms with Crippen LogP contribution < -0.4 is 5.32 Å². The highest BCUT2D eigenvalue weighted by molar-refractivity contribution is 6.31. The number of anilines is 1. The molecule has 0 radical (unpaired) electrons. The van der Waals surface area contributed by atoms with Crippen LogP contribution in [-0.2, 0) is 0 Å². The van der Waals surface area contributed by atoms with E-state index in [9.17, 15) is 0 Å². The molecular weight excluding hydrogens is 279 g/mol. The van der Waals surface area contributed by atoms with Gasteiger partial charge in [-0.3, -0.25) is 4.98 Å². The largest absolute Gasteiger partial charge is 0.384 e. The third kappa shape index (κ3) is 2.80. The number of fused-ring (bicyclic) bond motifs is 1. The van der Waals surface area contributed by atoms with Crippen molar-refractivity contribution in [2.75, 3.05) is 11.9 Å². The van der Waals surface area contributed by atoms with Gasteiger partial charge in [-0.1, -0.05) is 18.0 Å². The second-order valence-corrected chi connectivity index (χ2v) is 6.10. The van der Waals surface area contributed by atoms with Crippen molar-refractivity contribution in [1.82, 2.24) is 4.98 Å². The molecule has 1 aromatic carbocycles. The molecule has 100 valence electrons. The molecule has 1 heterocycles. The lowest BCUT2D eigenvalue weighted by atomic mass is 10.1. The predicted octanol–water partition coefficient (Wildman–Crippen LogP) is 4.71. The molecule has 4 heteroatoms. The lowest BCUT2D eigenvalue weighted by Crippen LogP contribution is -2.18. The number of rotatable bonds is 3. The van der Waals surface area contributed by atoms with Crippen molar-refractivity contribution in [3.05, 3.63) is 35.5 Å². The van der Waals surface area contributed by atoms with Crippen LogP contribution in [0.3, 0.4) is 0 Å². The molecular formula is C15H16Cl2N2. The van der Waals surface area contributed by atoms with Crippen LogP contribution in [0, 0.1) is 5.92 Å². The summed E-state index contributed by atoms with van der Waals surface area (Å²) in [5.41, 5.74) is 2.03. The summed E-state index contributed by atoms with van der Waals surface area (Å²) in [7, 11) is 0.